The molecule has 1 unspecified atom stereocenters. The Hall–Kier alpha value is -2.01. The Kier molecular flexibility index (Phi) is 8.61. The zero-order chi connectivity index (χ0) is 21.3. The fraction of sp³-hybridized carbons (Fsp3) is 0.280. The average molecular weight is 489 g/mol. The van der Waals surface area contributed by atoms with Crippen LogP contribution in [0.15, 0.2) is 71.2 Å². The Morgan fingerprint density at radius 3 is 2.40 bits per heavy atom. The Balaban J connectivity index is 1.66. The van der Waals surface area contributed by atoms with Crippen molar-refractivity contribution in [1.82, 2.24) is 5.32 Å². The largest absolute Gasteiger partial charge is 0.493 e. The molecule has 0 heterocycles. The SMILES string of the molecule is COc1ccc(Br)c(CNC(C)CCc2ccccc2)c1OCc1ccc(Cl)cc1. The second-order valence-corrected chi connectivity index (χ2v) is 8.57. The maximum absolute atomic E-state index is 6.19. The van der Waals surface area contributed by atoms with Crippen LogP contribution in [0.3, 0.4) is 0 Å². The van der Waals surface area contributed by atoms with Crippen LogP contribution >= 0.6 is 27.5 Å². The summed E-state index contributed by atoms with van der Waals surface area (Å²) in [6.07, 6.45) is 2.11. The van der Waals surface area contributed by atoms with Gasteiger partial charge in [-0.1, -0.05) is 70.0 Å². The fourth-order valence-electron chi connectivity index (χ4n) is 3.21. The van der Waals surface area contributed by atoms with E-state index in [0.717, 1.165) is 39.9 Å². The van der Waals surface area contributed by atoms with E-state index >= 15 is 0 Å². The van der Waals surface area contributed by atoms with E-state index in [1.165, 1.54) is 5.56 Å². The van der Waals surface area contributed by atoms with Crippen LogP contribution in [0, 0.1) is 0 Å². The molecule has 0 spiro atoms. The van der Waals surface area contributed by atoms with Crippen molar-refractivity contribution in [3.63, 3.8) is 0 Å². The van der Waals surface area contributed by atoms with Gasteiger partial charge in [0.15, 0.2) is 11.5 Å². The van der Waals surface area contributed by atoms with E-state index in [-0.39, 0.29) is 0 Å². The van der Waals surface area contributed by atoms with Crippen LogP contribution in [0.1, 0.15) is 30.0 Å². The summed E-state index contributed by atoms with van der Waals surface area (Å²) in [4.78, 5) is 0. The van der Waals surface area contributed by atoms with E-state index in [2.05, 4.69) is 58.5 Å². The van der Waals surface area contributed by atoms with Crippen LogP contribution in [0.2, 0.25) is 5.02 Å². The molecule has 158 valence electrons. The molecule has 5 heteroatoms. The average Bonchev–Trinajstić information content (AvgIpc) is 2.77. The van der Waals surface area contributed by atoms with Crippen LogP contribution in [0.4, 0.5) is 0 Å². The van der Waals surface area contributed by atoms with Crippen molar-refractivity contribution in [3.8, 4) is 11.5 Å². The molecule has 3 nitrogen and oxygen atoms in total. The van der Waals surface area contributed by atoms with E-state index in [9.17, 15) is 0 Å². The van der Waals surface area contributed by atoms with Gasteiger partial charge in [-0.15, -0.1) is 0 Å². The van der Waals surface area contributed by atoms with Crippen molar-refractivity contribution in [2.45, 2.75) is 39.0 Å². The van der Waals surface area contributed by atoms with Gasteiger partial charge in [0.25, 0.3) is 0 Å². The zero-order valence-corrected chi connectivity index (χ0v) is 19.7. The molecule has 0 fully saturated rings. The number of benzene rings is 3. The van der Waals surface area contributed by atoms with Crippen LogP contribution in [-0.4, -0.2) is 13.2 Å². The van der Waals surface area contributed by atoms with Crippen LogP contribution in [0.25, 0.3) is 0 Å². The highest BCUT2D eigenvalue weighted by Crippen LogP contribution is 2.37. The van der Waals surface area contributed by atoms with Crippen molar-refractivity contribution < 1.29 is 9.47 Å². The van der Waals surface area contributed by atoms with Crippen molar-refractivity contribution >= 4 is 27.5 Å². The smallest absolute Gasteiger partial charge is 0.167 e. The summed E-state index contributed by atoms with van der Waals surface area (Å²) in [6, 6.07) is 22.5. The highest BCUT2D eigenvalue weighted by molar-refractivity contribution is 9.10. The molecule has 0 bridgehead atoms. The molecule has 0 aliphatic carbocycles. The summed E-state index contributed by atoms with van der Waals surface area (Å²) in [5.74, 6) is 1.48. The molecule has 0 saturated carbocycles. The van der Waals surface area contributed by atoms with E-state index in [4.69, 9.17) is 21.1 Å². The van der Waals surface area contributed by atoms with Crippen molar-refractivity contribution in [1.29, 1.82) is 0 Å². The van der Waals surface area contributed by atoms with Crippen LogP contribution in [0.5, 0.6) is 11.5 Å². The number of nitrogens with one attached hydrogen (secondary N) is 1. The van der Waals surface area contributed by atoms with E-state index < -0.39 is 0 Å². The third-order valence-electron chi connectivity index (χ3n) is 5.02. The first-order valence-corrected chi connectivity index (χ1v) is 11.2. The maximum atomic E-state index is 6.19. The lowest BCUT2D eigenvalue weighted by atomic mass is 10.1. The van der Waals surface area contributed by atoms with Gasteiger partial charge < -0.3 is 14.8 Å². The monoisotopic (exact) mass is 487 g/mol. The number of ether oxygens (including phenoxy) is 2. The predicted molar refractivity (Wildman–Crippen MR) is 128 cm³/mol. The van der Waals surface area contributed by atoms with Gasteiger partial charge in [0.2, 0.25) is 0 Å². The minimum absolute atomic E-state index is 0.368. The topological polar surface area (TPSA) is 30.5 Å². The van der Waals surface area contributed by atoms with E-state index in [1.807, 2.05) is 36.4 Å². The van der Waals surface area contributed by atoms with Crippen molar-refractivity contribution in [2.24, 2.45) is 0 Å². The van der Waals surface area contributed by atoms with Gasteiger partial charge in [-0.25, -0.2) is 0 Å². The van der Waals surface area contributed by atoms with Gasteiger partial charge in [0.1, 0.15) is 6.61 Å². The number of rotatable bonds is 10. The normalized spacial score (nSPS) is 11.9. The maximum Gasteiger partial charge on any atom is 0.167 e. The molecule has 0 saturated heterocycles. The minimum atomic E-state index is 0.368. The molecule has 0 aliphatic rings. The lowest BCUT2D eigenvalue weighted by Crippen LogP contribution is -2.26. The fourth-order valence-corrected chi connectivity index (χ4v) is 3.79. The van der Waals surface area contributed by atoms with E-state index in [1.54, 1.807) is 7.11 Å². The molecule has 1 N–H and O–H groups in total. The Morgan fingerprint density at radius 1 is 0.967 bits per heavy atom. The predicted octanol–water partition coefficient (Wildman–Crippen LogP) is 6.80. The lowest BCUT2D eigenvalue weighted by molar-refractivity contribution is 0.280. The number of halogens is 2. The third-order valence-corrected chi connectivity index (χ3v) is 6.01. The second kappa shape index (κ2) is 11.4. The minimum Gasteiger partial charge on any atom is -0.493 e. The van der Waals surface area contributed by atoms with Gasteiger partial charge in [0.05, 0.1) is 7.11 Å². The Bertz CT molecular complexity index is 932. The Labute approximate surface area is 192 Å². The summed E-state index contributed by atoms with van der Waals surface area (Å²) < 4.78 is 12.8. The molecule has 3 aromatic carbocycles. The highest BCUT2D eigenvalue weighted by atomic mass is 79.9. The van der Waals surface area contributed by atoms with Crippen LogP contribution in [-0.2, 0) is 19.6 Å². The molecule has 0 radical (unpaired) electrons. The number of methoxy groups -OCH3 is 1. The third kappa shape index (κ3) is 6.49. The van der Waals surface area contributed by atoms with E-state index in [0.29, 0.717) is 24.2 Å². The molecule has 0 aromatic heterocycles. The first-order valence-electron chi connectivity index (χ1n) is 10.1. The standard InChI is InChI=1S/C25H27BrClNO2/c1-18(8-9-19-6-4-3-5-7-19)28-16-22-23(26)14-15-24(29-2)25(22)30-17-20-10-12-21(27)13-11-20/h3-7,10-15,18,28H,8-9,16-17H2,1-2H3. The molecule has 1 atom stereocenters. The van der Waals surface area contributed by atoms with Gasteiger partial charge in [-0.3, -0.25) is 0 Å². The molecule has 0 aliphatic heterocycles. The molecule has 30 heavy (non-hydrogen) atoms. The van der Waals surface area contributed by atoms with Gasteiger partial charge >= 0.3 is 0 Å². The van der Waals surface area contributed by atoms with Gasteiger partial charge in [-0.2, -0.15) is 0 Å². The zero-order valence-electron chi connectivity index (χ0n) is 17.3. The summed E-state index contributed by atoms with van der Waals surface area (Å²) in [7, 11) is 1.66. The number of aryl methyl sites for hydroxylation is 1. The molecular formula is C25H27BrClNO2. The molecule has 0 amide bonds. The second-order valence-electron chi connectivity index (χ2n) is 7.28. The molecule has 3 aromatic rings. The van der Waals surface area contributed by atoms with Crippen LogP contribution < -0.4 is 14.8 Å². The first kappa shape index (κ1) is 22.7. The van der Waals surface area contributed by atoms with Gasteiger partial charge in [-0.05, 0) is 55.2 Å². The highest BCUT2D eigenvalue weighted by Gasteiger charge is 2.16. The van der Waals surface area contributed by atoms with Crippen molar-refractivity contribution in [3.05, 3.63) is 92.9 Å². The summed E-state index contributed by atoms with van der Waals surface area (Å²) in [5.41, 5.74) is 3.46. The quantitative estimate of drug-likeness (QED) is 0.340. The lowest BCUT2D eigenvalue weighted by Gasteiger charge is -2.19. The summed E-state index contributed by atoms with van der Waals surface area (Å²) in [5, 5.41) is 4.34. The number of hydrogen-bond acceptors (Lipinski definition) is 3. The molecule has 3 rings (SSSR count). The summed E-state index contributed by atoms with van der Waals surface area (Å²) >= 11 is 9.66. The van der Waals surface area contributed by atoms with Crippen molar-refractivity contribution in [2.75, 3.05) is 7.11 Å². The van der Waals surface area contributed by atoms with Gasteiger partial charge in [0, 0.05) is 27.6 Å². The molecular weight excluding hydrogens is 462 g/mol. The summed E-state index contributed by atoms with van der Waals surface area (Å²) in [6.45, 7) is 3.34. The Morgan fingerprint density at radius 2 is 1.70 bits per heavy atom. The first-order chi connectivity index (χ1) is 14.6. The number of hydrogen-bond donors (Lipinski definition) is 1.